The van der Waals surface area contributed by atoms with Crippen LogP contribution in [0.5, 0.6) is 0 Å². The molecule has 0 amide bonds. The van der Waals surface area contributed by atoms with Crippen LogP contribution in [0.4, 0.5) is 18.9 Å². The number of hydrogen-bond donors (Lipinski definition) is 0. The molecule has 0 atom stereocenters. The minimum absolute atomic E-state index is 0.461. The number of para-hydroxylation sites is 1. The third kappa shape index (κ3) is 3.46. The van der Waals surface area contributed by atoms with Gasteiger partial charge in [-0.15, -0.1) is 0 Å². The summed E-state index contributed by atoms with van der Waals surface area (Å²) in [7, 11) is 1.82. The molecule has 0 fully saturated rings. The first-order valence-electron chi connectivity index (χ1n) is 8.48. The van der Waals surface area contributed by atoms with Gasteiger partial charge in [0.25, 0.3) is 5.56 Å². The summed E-state index contributed by atoms with van der Waals surface area (Å²) in [4.78, 5) is 26.5. The maximum atomic E-state index is 13.0. The number of nitrogens with zero attached hydrogens (tertiary/aromatic N) is 2. The summed E-state index contributed by atoms with van der Waals surface area (Å²) in [6.07, 6.45) is -2.68. The number of hydrogen-bond acceptors (Lipinski definition) is 3. The molecular formula is C20H18ClF3N2O2. The van der Waals surface area contributed by atoms with Gasteiger partial charge in [-0.1, -0.05) is 43.6 Å². The van der Waals surface area contributed by atoms with Gasteiger partial charge in [-0.05, 0) is 17.7 Å². The molecular weight excluding hydrogens is 393 g/mol. The van der Waals surface area contributed by atoms with Gasteiger partial charge < -0.3 is 9.47 Å². The second-order valence-corrected chi connectivity index (χ2v) is 7.61. The zero-order valence-electron chi connectivity index (χ0n) is 15.5. The Morgan fingerprint density at radius 3 is 2.50 bits per heavy atom. The van der Waals surface area contributed by atoms with Crippen LogP contribution in [0.2, 0.25) is 5.02 Å². The molecule has 0 bridgehead atoms. The Kier molecular flexibility index (Phi) is 4.91. The summed E-state index contributed by atoms with van der Waals surface area (Å²) in [6.45, 7) is 3.38. The average molecular weight is 411 g/mol. The summed E-state index contributed by atoms with van der Waals surface area (Å²) in [5.41, 5.74) is 0.302. The lowest BCUT2D eigenvalue weighted by Crippen LogP contribution is -2.28. The lowest BCUT2D eigenvalue weighted by atomic mass is 9.83. The van der Waals surface area contributed by atoms with Crippen LogP contribution in [0.25, 0.3) is 0 Å². The minimum atomic E-state index is -4.67. The number of halogens is 4. The highest BCUT2D eigenvalue weighted by atomic mass is 35.5. The number of carbonyl (C=O) groups is 1. The lowest BCUT2D eigenvalue weighted by molar-refractivity contribution is -0.138. The average Bonchev–Trinajstić information content (AvgIpc) is 2.79. The number of fused-ring (bicyclic) bond motifs is 1. The molecule has 8 heteroatoms. The van der Waals surface area contributed by atoms with Crippen LogP contribution in [-0.2, 0) is 22.9 Å². The highest BCUT2D eigenvalue weighted by molar-refractivity contribution is 6.30. The molecule has 1 aliphatic rings. The van der Waals surface area contributed by atoms with Gasteiger partial charge in [0.15, 0.2) is 5.78 Å². The molecule has 0 unspecified atom stereocenters. The van der Waals surface area contributed by atoms with E-state index in [1.54, 1.807) is 0 Å². The number of rotatable bonds is 3. The number of carbonyl (C=O) groups excluding carboxylic acids is 1. The predicted molar refractivity (Wildman–Crippen MR) is 102 cm³/mol. The fourth-order valence-electron chi connectivity index (χ4n) is 3.50. The van der Waals surface area contributed by atoms with Gasteiger partial charge in [0, 0.05) is 36.1 Å². The highest BCUT2D eigenvalue weighted by Gasteiger charge is 2.38. The van der Waals surface area contributed by atoms with E-state index < -0.39 is 40.1 Å². The number of allylic oxidation sites excluding steroid dienone is 2. The normalized spacial score (nSPS) is 17.1. The second-order valence-electron chi connectivity index (χ2n) is 7.20. The fourth-order valence-corrected chi connectivity index (χ4v) is 3.72. The molecule has 0 saturated heterocycles. The molecule has 1 aromatic carbocycles. The van der Waals surface area contributed by atoms with Gasteiger partial charge >= 0.3 is 6.18 Å². The van der Waals surface area contributed by atoms with Gasteiger partial charge in [-0.2, -0.15) is 13.2 Å². The topological polar surface area (TPSA) is 42.3 Å². The van der Waals surface area contributed by atoms with Crippen LogP contribution in [-0.4, -0.2) is 17.4 Å². The Bertz CT molecular complexity index is 1040. The zero-order valence-corrected chi connectivity index (χ0v) is 16.2. The van der Waals surface area contributed by atoms with Crippen molar-refractivity contribution in [2.75, 3.05) is 11.9 Å². The maximum Gasteiger partial charge on any atom is 0.417 e. The summed E-state index contributed by atoms with van der Waals surface area (Å²) in [6, 6.07) is 8.26. The molecule has 148 valence electrons. The Hall–Kier alpha value is -2.54. The Balaban J connectivity index is 1.95. The van der Waals surface area contributed by atoms with Crippen LogP contribution in [0.1, 0.15) is 25.0 Å². The SMILES string of the molecule is CN1C(=CC(=O)Cn2cc(C(F)(F)F)cc(Cl)c2=O)C(C)(C)c2ccccc21. The molecule has 28 heavy (non-hydrogen) atoms. The van der Waals surface area contributed by atoms with Gasteiger partial charge in [-0.3, -0.25) is 9.59 Å². The number of alkyl halides is 3. The highest BCUT2D eigenvalue weighted by Crippen LogP contribution is 2.46. The van der Waals surface area contributed by atoms with Crippen molar-refractivity contribution < 1.29 is 18.0 Å². The van der Waals surface area contributed by atoms with Crippen LogP contribution >= 0.6 is 11.6 Å². The van der Waals surface area contributed by atoms with E-state index in [0.717, 1.165) is 11.3 Å². The van der Waals surface area contributed by atoms with Crippen molar-refractivity contribution in [2.24, 2.45) is 0 Å². The van der Waals surface area contributed by atoms with Crippen LogP contribution in [0.3, 0.4) is 0 Å². The summed E-state index contributed by atoms with van der Waals surface area (Å²) in [5, 5.41) is -0.582. The van der Waals surface area contributed by atoms with E-state index in [2.05, 4.69) is 0 Å². The van der Waals surface area contributed by atoms with Crippen molar-refractivity contribution in [3.8, 4) is 0 Å². The van der Waals surface area contributed by atoms with Crippen LogP contribution < -0.4 is 10.5 Å². The van der Waals surface area contributed by atoms with E-state index >= 15 is 0 Å². The molecule has 4 nitrogen and oxygen atoms in total. The van der Waals surface area contributed by atoms with Crippen LogP contribution in [0.15, 0.2) is 53.1 Å². The number of aromatic nitrogens is 1. The van der Waals surface area contributed by atoms with E-state index in [1.807, 2.05) is 50.1 Å². The van der Waals surface area contributed by atoms with Crippen molar-refractivity contribution in [3.05, 3.63) is 74.8 Å². The smallest absolute Gasteiger partial charge is 0.347 e. The third-order valence-electron chi connectivity index (χ3n) is 4.93. The van der Waals surface area contributed by atoms with Gasteiger partial charge in [-0.25, -0.2) is 0 Å². The largest absolute Gasteiger partial charge is 0.417 e. The fraction of sp³-hybridized carbons (Fsp3) is 0.300. The van der Waals surface area contributed by atoms with E-state index in [1.165, 1.54) is 6.08 Å². The standard InChI is InChI=1S/C20H18ClF3N2O2/c1-19(2)14-6-4-5-7-16(14)25(3)17(19)9-13(27)11-26-10-12(20(22,23)24)8-15(21)18(26)28/h4-10H,11H2,1-3H3. The third-order valence-corrected chi connectivity index (χ3v) is 5.20. The van der Waals surface area contributed by atoms with E-state index in [-0.39, 0.29) is 0 Å². The Morgan fingerprint density at radius 2 is 1.89 bits per heavy atom. The summed E-state index contributed by atoms with van der Waals surface area (Å²) < 4.78 is 39.6. The maximum absolute atomic E-state index is 13.0. The van der Waals surface area contributed by atoms with Gasteiger partial charge in [0.1, 0.15) is 5.02 Å². The molecule has 2 heterocycles. The molecule has 3 rings (SSSR count). The van der Waals surface area contributed by atoms with Gasteiger partial charge in [0.2, 0.25) is 0 Å². The number of likely N-dealkylation sites (N-methyl/N-ethyl adjacent to an activating group) is 1. The Labute approximate surface area is 164 Å². The minimum Gasteiger partial charge on any atom is -0.347 e. The predicted octanol–water partition coefficient (Wildman–Crippen LogP) is 4.40. The number of pyridine rings is 1. The van der Waals surface area contributed by atoms with Gasteiger partial charge in [0.05, 0.1) is 12.1 Å². The van der Waals surface area contributed by atoms with E-state index in [0.29, 0.717) is 22.5 Å². The monoisotopic (exact) mass is 410 g/mol. The molecule has 0 N–H and O–H groups in total. The van der Waals surface area contributed by atoms with Crippen molar-refractivity contribution in [3.63, 3.8) is 0 Å². The zero-order chi connectivity index (χ0) is 20.9. The first-order chi connectivity index (χ1) is 12.9. The summed E-state index contributed by atoms with van der Waals surface area (Å²) >= 11 is 5.64. The molecule has 2 aromatic rings. The van der Waals surface area contributed by atoms with Crippen molar-refractivity contribution >= 4 is 23.1 Å². The molecule has 1 aliphatic heterocycles. The quantitative estimate of drug-likeness (QED) is 0.704. The number of ketones is 1. The molecule has 1 aromatic heterocycles. The lowest BCUT2D eigenvalue weighted by Gasteiger charge is -2.24. The molecule has 0 radical (unpaired) electrons. The van der Waals surface area contributed by atoms with Crippen molar-refractivity contribution in [2.45, 2.75) is 32.0 Å². The second kappa shape index (κ2) is 6.81. The first-order valence-corrected chi connectivity index (χ1v) is 8.86. The molecule has 0 aliphatic carbocycles. The van der Waals surface area contributed by atoms with Crippen molar-refractivity contribution in [1.29, 1.82) is 0 Å². The Morgan fingerprint density at radius 1 is 1.25 bits per heavy atom. The number of benzene rings is 1. The van der Waals surface area contributed by atoms with E-state index in [9.17, 15) is 22.8 Å². The number of anilines is 1. The first kappa shape index (κ1) is 20.2. The molecule has 0 spiro atoms. The molecule has 0 saturated carbocycles. The summed E-state index contributed by atoms with van der Waals surface area (Å²) in [5.74, 6) is -0.500. The van der Waals surface area contributed by atoms with Crippen molar-refractivity contribution in [1.82, 2.24) is 4.57 Å². The van der Waals surface area contributed by atoms with E-state index in [4.69, 9.17) is 11.6 Å². The van der Waals surface area contributed by atoms with Crippen LogP contribution in [0, 0.1) is 0 Å².